The molecule has 0 radical (unpaired) electrons. The highest BCUT2D eigenvalue weighted by molar-refractivity contribution is 5.78. The van der Waals surface area contributed by atoms with E-state index < -0.39 is 0 Å². The number of rotatable bonds is 10. The summed E-state index contributed by atoms with van der Waals surface area (Å²) in [6.07, 6.45) is 1.08. The van der Waals surface area contributed by atoms with Crippen LogP contribution in [0.4, 0.5) is 0 Å². The van der Waals surface area contributed by atoms with Crippen LogP contribution in [0.3, 0.4) is 0 Å². The highest BCUT2D eigenvalue weighted by atomic mass is 16.2. The van der Waals surface area contributed by atoms with E-state index >= 15 is 0 Å². The first kappa shape index (κ1) is 20.3. The lowest BCUT2D eigenvalue weighted by Gasteiger charge is -2.29. The maximum atomic E-state index is 12.0. The highest BCUT2D eigenvalue weighted by Crippen LogP contribution is 2.03. The van der Waals surface area contributed by atoms with Gasteiger partial charge in [0.05, 0.1) is 6.54 Å². The smallest absolute Gasteiger partial charge is 0.236 e. The Labute approximate surface area is 131 Å². The second-order valence-corrected chi connectivity index (χ2v) is 6.76. The van der Waals surface area contributed by atoms with E-state index in [1.807, 2.05) is 32.8 Å². The molecule has 0 rings (SSSR count). The first-order valence-corrected chi connectivity index (χ1v) is 7.94. The topological polar surface area (TPSA) is 30.0 Å². The van der Waals surface area contributed by atoms with E-state index in [4.69, 9.17) is 0 Å². The van der Waals surface area contributed by atoms with Crippen molar-refractivity contribution in [3.63, 3.8) is 0 Å². The molecule has 1 amide bonds. The van der Waals surface area contributed by atoms with Gasteiger partial charge < -0.3 is 14.7 Å². The van der Waals surface area contributed by atoms with E-state index in [-0.39, 0.29) is 11.9 Å². The van der Waals surface area contributed by atoms with Gasteiger partial charge in [-0.15, -0.1) is 0 Å². The van der Waals surface area contributed by atoms with Crippen LogP contribution in [0.15, 0.2) is 0 Å². The average Bonchev–Trinajstić information content (AvgIpc) is 2.40. The Kier molecular flexibility index (Phi) is 9.83. The van der Waals surface area contributed by atoms with Crippen molar-refractivity contribution in [2.45, 2.75) is 39.3 Å². The number of hydrogen-bond donors (Lipinski definition) is 0. The Morgan fingerprint density at radius 1 is 0.905 bits per heavy atom. The van der Waals surface area contributed by atoms with Crippen molar-refractivity contribution in [1.29, 1.82) is 0 Å². The van der Waals surface area contributed by atoms with Crippen LogP contribution in [0.1, 0.15) is 27.2 Å². The van der Waals surface area contributed by atoms with E-state index in [2.05, 4.69) is 42.8 Å². The number of nitrogens with zero attached hydrogens (tertiary/aromatic N) is 4. The second kappa shape index (κ2) is 10.1. The first-order valence-electron chi connectivity index (χ1n) is 7.94. The van der Waals surface area contributed by atoms with Crippen molar-refractivity contribution in [2.24, 2.45) is 0 Å². The molecule has 126 valence electrons. The molecule has 0 saturated carbocycles. The number of likely N-dealkylation sites (N-methyl/N-ethyl adjacent to an activating group) is 4. The van der Waals surface area contributed by atoms with Crippen molar-refractivity contribution in [2.75, 3.05) is 61.4 Å². The number of carbonyl (C=O) groups excluding carboxylic acids is 1. The third kappa shape index (κ3) is 9.06. The summed E-state index contributed by atoms with van der Waals surface area (Å²) in [7, 11) is 10.3. The molecular weight excluding hydrogens is 264 g/mol. The summed E-state index contributed by atoms with van der Waals surface area (Å²) in [4.78, 5) is 20.5. The summed E-state index contributed by atoms with van der Waals surface area (Å²) >= 11 is 0. The largest absolute Gasteiger partial charge is 0.342 e. The van der Waals surface area contributed by atoms with Gasteiger partial charge >= 0.3 is 0 Å². The van der Waals surface area contributed by atoms with Gasteiger partial charge in [-0.2, -0.15) is 0 Å². The Bertz CT molecular complexity index is 294. The van der Waals surface area contributed by atoms with Gasteiger partial charge in [0.25, 0.3) is 0 Å². The van der Waals surface area contributed by atoms with Crippen molar-refractivity contribution in [1.82, 2.24) is 19.6 Å². The Hall–Kier alpha value is -0.650. The van der Waals surface area contributed by atoms with Crippen LogP contribution >= 0.6 is 0 Å². The molecule has 0 aliphatic rings. The third-order valence-electron chi connectivity index (χ3n) is 4.15. The predicted molar refractivity (Wildman–Crippen MR) is 90.7 cm³/mol. The van der Waals surface area contributed by atoms with Crippen LogP contribution in [-0.4, -0.2) is 99.0 Å². The summed E-state index contributed by atoms with van der Waals surface area (Å²) in [5.41, 5.74) is 0. The fourth-order valence-electron chi connectivity index (χ4n) is 1.92. The number of amides is 1. The van der Waals surface area contributed by atoms with E-state index in [1.165, 1.54) is 0 Å². The van der Waals surface area contributed by atoms with Crippen LogP contribution in [0.2, 0.25) is 0 Å². The maximum absolute atomic E-state index is 12.0. The molecular formula is C16H36N4O. The molecule has 5 nitrogen and oxygen atoms in total. The molecule has 0 aromatic carbocycles. The van der Waals surface area contributed by atoms with E-state index in [0.29, 0.717) is 12.6 Å². The molecule has 0 aliphatic heterocycles. The van der Waals surface area contributed by atoms with Gasteiger partial charge in [-0.3, -0.25) is 9.69 Å². The van der Waals surface area contributed by atoms with E-state index in [0.717, 1.165) is 26.1 Å². The summed E-state index contributed by atoms with van der Waals surface area (Å²) < 4.78 is 0. The Morgan fingerprint density at radius 2 is 1.48 bits per heavy atom. The lowest BCUT2D eigenvalue weighted by Crippen LogP contribution is -2.41. The quantitative estimate of drug-likeness (QED) is 0.603. The van der Waals surface area contributed by atoms with Crippen molar-refractivity contribution in [3.8, 4) is 0 Å². The van der Waals surface area contributed by atoms with Crippen LogP contribution in [0.25, 0.3) is 0 Å². The normalized spacial score (nSPS) is 13.5. The number of carbonyl (C=O) groups is 1. The zero-order valence-electron chi connectivity index (χ0n) is 15.4. The standard InChI is InChI=1S/C16H36N4O/c1-14(2)20(8)16(21)13-18(6)10-9-15(3)19(7)12-11-17(4)5/h14-15H,9-13H2,1-8H3. The monoisotopic (exact) mass is 300 g/mol. The Morgan fingerprint density at radius 3 is 1.95 bits per heavy atom. The lowest BCUT2D eigenvalue weighted by atomic mass is 10.2. The zero-order valence-corrected chi connectivity index (χ0v) is 15.4. The SMILES string of the molecule is CC(CCN(C)CC(=O)N(C)C(C)C)N(C)CCN(C)C. The minimum Gasteiger partial charge on any atom is -0.342 e. The van der Waals surface area contributed by atoms with Gasteiger partial charge in [-0.25, -0.2) is 0 Å². The van der Waals surface area contributed by atoms with Crippen molar-refractivity contribution < 1.29 is 4.79 Å². The van der Waals surface area contributed by atoms with E-state index in [9.17, 15) is 4.79 Å². The lowest BCUT2D eigenvalue weighted by molar-refractivity contribution is -0.132. The molecule has 0 heterocycles. The predicted octanol–water partition coefficient (Wildman–Crippen LogP) is 1.06. The molecule has 1 atom stereocenters. The summed E-state index contributed by atoms with van der Waals surface area (Å²) in [6, 6.07) is 0.798. The number of hydrogen-bond acceptors (Lipinski definition) is 4. The zero-order chi connectivity index (χ0) is 16.6. The van der Waals surface area contributed by atoms with Crippen LogP contribution in [0, 0.1) is 0 Å². The van der Waals surface area contributed by atoms with Gasteiger partial charge in [-0.1, -0.05) is 0 Å². The minimum absolute atomic E-state index is 0.195. The fraction of sp³-hybridized carbons (Fsp3) is 0.938. The third-order valence-corrected chi connectivity index (χ3v) is 4.15. The molecule has 21 heavy (non-hydrogen) atoms. The second-order valence-electron chi connectivity index (χ2n) is 6.76. The molecule has 0 aromatic heterocycles. The first-order chi connectivity index (χ1) is 9.65. The molecule has 0 N–H and O–H groups in total. The van der Waals surface area contributed by atoms with Gasteiger partial charge in [0, 0.05) is 32.2 Å². The molecule has 0 aromatic rings. The summed E-state index contributed by atoms with van der Waals surface area (Å²) in [5, 5.41) is 0. The molecule has 1 unspecified atom stereocenters. The van der Waals surface area contributed by atoms with Gasteiger partial charge in [0.15, 0.2) is 0 Å². The molecule has 0 spiro atoms. The molecule has 0 bridgehead atoms. The molecule has 0 aliphatic carbocycles. The summed E-state index contributed by atoms with van der Waals surface area (Å²) in [6.45, 7) is 9.94. The van der Waals surface area contributed by atoms with Gasteiger partial charge in [0.1, 0.15) is 0 Å². The van der Waals surface area contributed by atoms with E-state index in [1.54, 1.807) is 0 Å². The van der Waals surface area contributed by atoms with Crippen LogP contribution in [0.5, 0.6) is 0 Å². The minimum atomic E-state index is 0.195. The van der Waals surface area contributed by atoms with Crippen LogP contribution in [-0.2, 0) is 4.79 Å². The van der Waals surface area contributed by atoms with Crippen molar-refractivity contribution in [3.05, 3.63) is 0 Å². The van der Waals surface area contributed by atoms with Crippen molar-refractivity contribution >= 4 is 5.91 Å². The highest BCUT2D eigenvalue weighted by Gasteiger charge is 2.15. The maximum Gasteiger partial charge on any atom is 0.236 e. The average molecular weight is 300 g/mol. The Balaban J connectivity index is 4.01. The molecule has 0 fully saturated rings. The molecule has 0 saturated heterocycles. The summed E-state index contributed by atoms with van der Waals surface area (Å²) in [5.74, 6) is 0.195. The fourth-order valence-corrected chi connectivity index (χ4v) is 1.92. The van der Waals surface area contributed by atoms with Crippen LogP contribution < -0.4 is 0 Å². The van der Waals surface area contributed by atoms with Gasteiger partial charge in [0.2, 0.25) is 5.91 Å². The molecule has 5 heteroatoms. The van der Waals surface area contributed by atoms with Gasteiger partial charge in [-0.05, 0) is 61.9 Å².